The molecule has 0 unspecified atom stereocenters. The Kier molecular flexibility index (Phi) is 4.74. The Hall–Kier alpha value is -0.660. The molecule has 1 aliphatic heterocycles. The van der Waals surface area contributed by atoms with E-state index in [-0.39, 0.29) is 13.1 Å². The molecule has 106 valence electrons. The summed E-state index contributed by atoms with van der Waals surface area (Å²) < 4.78 is 24.1. The van der Waals surface area contributed by atoms with E-state index in [1.807, 2.05) is 13.8 Å². The molecule has 7 heteroatoms. The van der Waals surface area contributed by atoms with Crippen molar-refractivity contribution in [1.29, 1.82) is 0 Å². The molecular formula is C11H22N2O4S. The van der Waals surface area contributed by atoms with E-state index in [1.165, 1.54) is 4.31 Å². The first kappa shape index (κ1) is 15.4. The first-order valence-corrected chi connectivity index (χ1v) is 7.96. The van der Waals surface area contributed by atoms with E-state index in [0.717, 1.165) is 6.26 Å². The smallest absolute Gasteiger partial charge is 0.323 e. The number of piperidine rings is 1. The molecule has 0 aromatic heterocycles. The number of carbonyl (C=O) groups is 1. The Morgan fingerprint density at radius 2 is 1.89 bits per heavy atom. The van der Waals surface area contributed by atoms with Crippen LogP contribution in [0.25, 0.3) is 0 Å². The van der Waals surface area contributed by atoms with Crippen LogP contribution in [0, 0.1) is 5.92 Å². The minimum Gasteiger partial charge on any atom is -0.480 e. The molecule has 1 heterocycles. The monoisotopic (exact) mass is 278 g/mol. The highest BCUT2D eigenvalue weighted by Gasteiger charge is 2.42. The normalized spacial score (nSPS) is 21.1. The van der Waals surface area contributed by atoms with Gasteiger partial charge in [0, 0.05) is 13.1 Å². The van der Waals surface area contributed by atoms with Crippen LogP contribution in [0.2, 0.25) is 0 Å². The highest BCUT2D eigenvalue weighted by molar-refractivity contribution is 7.88. The summed E-state index contributed by atoms with van der Waals surface area (Å²) in [5.41, 5.74) is -0.981. The lowest BCUT2D eigenvalue weighted by Gasteiger charge is -2.38. The van der Waals surface area contributed by atoms with Crippen LogP contribution < -0.4 is 5.32 Å². The summed E-state index contributed by atoms with van der Waals surface area (Å²) in [7, 11) is -3.22. The second-order valence-corrected chi connectivity index (χ2v) is 7.31. The lowest BCUT2D eigenvalue weighted by atomic mass is 9.88. The first-order chi connectivity index (χ1) is 8.17. The molecule has 18 heavy (non-hydrogen) atoms. The third-order valence-corrected chi connectivity index (χ3v) is 4.61. The van der Waals surface area contributed by atoms with Crippen molar-refractivity contribution in [3.8, 4) is 0 Å². The van der Waals surface area contributed by atoms with Crippen molar-refractivity contribution < 1.29 is 18.3 Å². The van der Waals surface area contributed by atoms with Crippen molar-refractivity contribution in [2.24, 2.45) is 5.92 Å². The van der Waals surface area contributed by atoms with Crippen molar-refractivity contribution in [3.63, 3.8) is 0 Å². The van der Waals surface area contributed by atoms with Crippen LogP contribution in [0.4, 0.5) is 0 Å². The third kappa shape index (κ3) is 3.66. The van der Waals surface area contributed by atoms with Gasteiger partial charge in [0.2, 0.25) is 10.0 Å². The van der Waals surface area contributed by atoms with Gasteiger partial charge in [0.15, 0.2) is 0 Å². The SMILES string of the molecule is CC(C)CNC1(C(=O)O)CCN(S(C)(=O)=O)CC1. The minimum absolute atomic E-state index is 0.260. The molecule has 1 aliphatic rings. The number of carboxylic acids is 1. The lowest BCUT2D eigenvalue weighted by Crippen LogP contribution is -2.59. The second-order valence-electron chi connectivity index (χ2n) is 5.32. The molecule has 0 spiro atoms. The van der Waals surface area contributed by atoms with E-state index >= 15 is 0 Å². The molecule has 0 aliphatic carbocycles. The van der Waals surface area contributed by atoms with Gasteiger partial charge in [-0.25, -0.2) is 12.7 Å². The van der Waals surface area contributed by atoms with Crippen molar-refractivity contribution >= 4 is 16.0 Å². The average molecular weight is 278 g/mol. The Balaban J connectivity index is 2.71. The Bertz CT molecular complexity index is 397. The fraction of sp³-hybridized carbons (Fsp3) is 0.909. The van der Waals surface area contributed by atoms with Crippen LogP contribution in [0.1, 0.15) is 26.7 Å². The quantitative estimate of drug-likeness (QED) is 0.745. The number of aliphatic carboxylic acids is 1. The van der Waals surface area contributed by atoms with Gasteiger partial charge in [-0.15, -0.1) is 0 Å². The minimum atomic E-state index is -3.22. The van der Waals surface area contributed by atoms with Crippen molar-refractivity contribution in [2.75, 3.05) is 25.9 Å². The van der Waals surface area contributed by atoms with E-state index in [4.69, 9.17) is 0 Å². The summed E-state index contributed by atoms with van der Waals surface area (Å²) in [6.45, 7) is 5.15. The Labute approximate surface area is 108 Å². The molecule has 1 saturated heterocycles. The molecule has 6 nitrogen and oxygen atoms in total. The summed E-state index contributed by atoms with van der Waals surface area (Å²) in [5.74, 6) is -0.537. The topological polar surface area (TPSA) is 86.7 Å². The van der Waals surface area contributed by atoms with Crippen LogP contribution in [-0.2, 0) is 14.8 Å². The van der Waals surface area contributed by atoms with Gasteiger partial charge in [-0.05, 0) is 25.3 Å². The molecule has 0 saturated carbocycles. The molecule has 0 bridgehead atoms. The van der Waals surface area contributed by atoms with Crippen LogP contribution in [0.3, 0.4) is 0 Å². The number of hydrogen-bond acceptors (Lipinski definition) is 4. The van der Waals surface area contributed by atoms with Crippen LogP contribution in [0.15, 0.2) is 0 Å². The third-order valence-electron chi connectivity index (χ3n) is 3.30. The molecule has 0 radical (unpaired) electrons. The molecule has 2 N–H and O–H groups in total. The van der Waals surface area contributed by atoms with Crippen molar-refractivity contribution in [2.45, 2.75) is 32.2 Å². The van der Waals surface area contributed by atoms with Gasteiger partial charge >= 0.3 is 5.97 Å². The Morgan fingerprint density at radius 1 is 1.39 bits per heavy atom. The van der Waals surface area contributed by atoms with E-state index in [0.29, 0.717) is 25.3 Å². The predicted molar refractivity (Wildman–Crippen MR) is 68.9 cm³/mol. The maximum absolute atomic E-state index is 11.4. The molecule has 0 amide bonds. The molecule has 0 aromatic rings. The van der Waals surface area contributed by atoms with Gasteiger partial charge in [0.05, 0.1) is 6.26 Å². The fourth-order valence-electron chi connectivity index (χ4n) is 2.07. The fourth-order valence-corrected chi connectivity index (χ4v) is 2.91. The zero-order chi connectivity index (χ0) is 14.0. The summed E-state index contributed by atoms with van der Waals surface area (Å²) in [6.07, 6.45) is 1.77. The van der Waals surface area contributed by atoms with Crippen LogP contribution >= 0.6 is 0 Å². The average Bonchev–Trinajstić information content (AvgIpc) is 2.25. The standard InChI is InChI=1S/C11H22N2O4S/c1-9(2)8-12-11(10(14)15)4-6-13(7-5-11)18(3,16)17/h9,12H,4-8H2,1-3H3,(H,14,15). The number of rotatable bonds is 5. The van der Waals surface area contributed by atoms with Gasteiger partial charge in [0.25, 0.3) is 0 Å². The van der Waals surface area contributed by atoms with Gasteiger partial charge in [-0.2, -0.15) is 0 Å². The highest BCUT2D eigenvalue weighted by Crippen LogP contribution is 2.24. The number of carboxylic acid groups (broad SMARTS) is 1. The first-order valence-electron chi connectivity index (χ1n) is 6.11. The largest absolute Gasteiger partial charge is 0.480 e. The van der Waals surface area contributed by atoms with Gasteiger partial charge in [0.1, 0.15) is 5.54 Å². The number of sulfonamides is 1. The van der Waals surface area contributed by atoms with Crippen molar-refractivity contribution in [1.82, 2.24) is 9.62 Å². The van der Waals surface area contributed by atoms with E-state index in [2.05, 4.69) is 5.32 Å². The molecule has 1 rings (SSSR count). The van der Waals surface area contributed by atoms with Gasteiger partial charge < -0.3 is 10.4 Å². The predicted octanol–water partition coefficient (Wildman–Crippen LogP) is 0.111. The molecular weight excluding hydrogens is 256 g/mol. The van der Waals surface area contributed by atoms with Crippen LogP contribution in [-0.4, -0.2) is 55.2 Å². The second kappa shape index (κ2) is 5.54. The maximum Gasteiger partial charge on any atom is 0.323 e. The zero-order valence-electron chi connectivity index (χ0n) is 11.1. The number of nitrogens with zero attached hydrogens (tertiary/aromatic N) is 1. The molecule has 1 fully saturated rings. The van der Waals surface area contributed by atoms with Crippen LogP contribution in [0.5, 0.6) is 0 Å². The van der Waals surface area contributed by atoms with Gasteiger partial charge in [-0.1, -0.05) is 13.8 Å². The Morgan fingerprint density at radius 3 is 2.22 bits per heavy atom. The highest BCUT2D eigenvalue weighted by atomic mass is 32.2. The van der Waals surface area contributed by atoms with E-state index in [1.54, 1.807) is 0 Å². The maximum atomic E-state index is 11.4. The van der Waals surface area contributed by atoms with Gasteiger partial charge in [-0.3, -0.25) is 4.79 Å². The van der Waals surface area contributed by atoms with E-state index in [9.17, 15) is 18.3 Å². The molecule has 0 atom stereocenters. The summed E-state index contributed by atoms with van der Waals surface area (Å²) in [5, 5.41) is 12.4. The number of nitrogens with one attached hydrogen (secondary N) is 1. The number of hydrogen-bond donors (Lipinski definition) is 2. The summed E-state index contributed by atoms with van der Waals surface area (Å²) in [6, 6.07) is 0. The zero-order valence-corrected chi connectivity index (χ0v) is 12.0. The lowest BCUT2D eigenvalue weighted by molar-refractivity contribution is -0.146. The summed E-state index contributed by atoms with van der Waals surface area (Å²) >= 11 is 0. The molecule has 0 aromatic carbocycles. The van der Waals surface area contributed by atoms with Crippen molar-refractivity contribution in [3.05, 3.63) is 0 Å². The van der Waals surface area contributed by atoms with E-state index < -0.39 is 21.5 Å². The summed E-state index contributed by atoms with van der Waals surface area (Å²) in [4.78, 5) is 11.4.